The number of rotatable bonds is 5. The molecule has 2 aromatic carbocycles. The second-order valence-corrected chi connectivity index (χ2v) is 4.37. The van der Waals surface area contributed by atoms with Crippen LogP contribution < -0.4 is 0 Å². The fourth-order valence-corrected chi connectivity index (χ4v) is 1.93. The Labute approximate surface area is 112 Å². The van der Waals surface area contributed by atoms with Gasteiger partial charge in [0.2, 0.25) is 0 Å². The molecular formula is C16H15NO2. The van der Waals surface area contributed by atoms with Gasteiger partial charge in [0.15, 0.2) is 0 Å². The molecular weight excluding hydrogens is 238 g/mol. The van der Waals surface area contributed by atoms with Gasteiger partial charge in [0.05, 0.1) is 4.92 Å². The van der Waals surface area contributed by atoms with Crippen LogP contribution in [0.4, 0.5) is 5.69 Å². The van der Waals surface area contributed by atoms with Crippen LogP contribution in [0.15, 0.2) is 55.1 Å². The summed E-state index contributed by atoms with van der Waals surface area (Å²) in [6, 6.07) is 15.0. The third-order valence-corrected chi connectivity index (χ3v) is 3.04. The number of aryl methyl sites for hydroxylation is 2. The fraction of sp³-hybridized carbons (Fsp3) is 0.125. The highest BCUT2D eigenvalue weighted by molar-refractivity contribution is 5.47. The second kappa shape index (κ2) is 5.96. The molecule has 96 valence electrons. The molecule has 0 saturated carbocycles. The van der Waals surface area contributed by atoms with Crippen molar-refractivity contribution in [3.05, 3.63) is 81.9 Å². The van der Waals surface area contributed by atoms with Gasteiger partial charge in [-0.15, -0.1) is 0 Å². The van der Waals surface area contributed by atoms with Gasteiger partial charge in [-0.2, -0.15) is 0 Å². The van der Waals surface area contributed by atoms with Gasteiger partial charge < -0.3 is 0 Å². The second-order valence-electron chi connectivity index (χ2n) is 4.37. The SMILES string of the molecule is C=Cc1ccc(CCc2cccc([N+](=O)[O-])c2)cc1. The Balaban J connectivity index is 2.03. The summed E-state index contributed by atoms with van der Waals surface area (Å²) in [6.45, 7) is 3.72. The monoisotopic (exact) mass is 253 g/mol. The van der Waals surface area contributed by atoms with Crippen LogP contribution in [-0.2, 0) is 12.8 Å². The molecule has 2 rings (SSSR count). The minimum Gasteiger partial charge on any atom is -0.258 e. The van der Waals surface area contributed by atoms with Crippen LogP contribution in [0.1, 0.15) is 16.7 Å². The molecule has 2 aromatic rings. The molecule has 0 aromatic heterocycles. The highest BCUT2D eigenvalue weighted by Crippen LogP contribution is 2.15. The average Bonchev–Trinajstić information content (AvgIpc) is 2.46. The topological polar surface area (TPSA) is 43.1 Å². The van der Waals surface area contributed by atoms with Crippen LogP contribution in [0.25, 0.3) is 6.08 Å². The van der Waals surface area contributed by atoms with Crippen LogP contribution in [0, 0.1) is 10.1 Å². The highest BCUT2D eigenvalue weighted by Gasteiger charge is 2.05. The van der Waals surface area contributed by atoms with Crippen molar-refractivity contribution < 1.29 is 4.92 Å². The van der Waals surface area contributed by atoms with Gasteiger partial charge in [-0.25, -0.2) is 0 Å². The van der Waals surface area contributed by atoms with Gasteiger partial charge in [0.25, 0.3) is 5.69 Å². The Kier molecular flexibility index (Phi) is 4.08. The molecule has 0 heterocycles. The molecule has 0 spiro atoms. The molecule has 0 unspecified atom stereocenters. The fourth-order valence-electron chi connectivity index (χ4n) is 1.93. The summed E-state index contributed by atoms with van der Waals surface area (Å²) in [5, 5.41) is 10.7. The summed E-state index contributed by atoms with van der Waals surface area (Å²) in [5.41, 5.74) is 3.46. The Morgan fingerprint density at radius 3 is 2.37 bits per heavy atom. The van der Waals surface area contributed by atoms with E-state index in [4.69, 9.17) is 0 Å². The predicted molar refractivity (Wildman–Crippen MR) is 77.0 cm³/mol. The maximum Gasteiger partial charge on any atom is 0.269 e. The Bertz CT molecular complexity index is 588. The molecule has 0 saturated heterocycles. The lowest BCUT2D eigenvalue weighted by molar-refractivity contribution is -0.384. The average molecular weight is 253 g/mol. The van der Waals surface area contributed by atoms with Crippen molar-refractivity contribution in [1.82, 2.24) is 0 Å². The van der Waals surface area contributed by atoms with E-state index < -0.39 is 0 Å². The largest absolute Gasteiger partial charge is 0.269 e. The van der Waals surface area contributed by atoms with Crippen molar-refractivity contribution >= 4 is 11.8 Å². The van der Waals surface area contributed by atoms with Gasteiger partial charge in [0.1, 0.15) is 0 Å². The first-order chi connectivity index (χ1) is 9.19. The van der Waals surface area contributed by atoms with E-state index in [9.17, 15) is 10.1 Å². The number of nitrogens with zero attached hydrogens (tertiary/aromatic N) is 1. The molecule has 0 radical (unpaired) electrons. The van der Waals surface area contributed by atoms with Gasteiger partial charge >= 0.3 is 0 Å². The van der Waals surface area contributed by atoms with Gasteiger partial charge in [-0.3, -0.25) is 10.1 Å². The number of non-ortho nitro benzene ring substituents is 1. The summed E-state index contributed by atoms with van der Waals surface area (Å²) in [6.07, 6.45) is 3.48. The molecule has 0 atom stereocenters. The molecule has 0 aliphatic carbocycles. The van der Waals surface area contributed by atoms with Crippen LogP contribution in [-0.4, -0.2) is 4.92 Å². The van der Waals surface area contributed by atoms with E-state index in [-0.39, 0.29) is 10.6 Å². The van der Waals surface area contributed by atoms with Crippen molar-refractivity contribution in [2.45, 2.75) is 12.8 Å². The van der Waals surface area contributed by atoms with E-state index in [1.807, 2.05) is 24.3 Å². The maximum atomic E-state index is 10.7. The van der Waals surface area contributed by atoms with Crippen LogP contribution >= 0.6 is 0 Å². The number of hydrogen-bond donors (Lipinski definition) is 0. The van der Waals surface area contributed by atoms with Crippen LogP contribution in [0.5, 0.6) is 0 Å². The van der Waals surface area contributed by atoms with Crippen LogP contribution in [0.3, 0.4) is 0 Å². The highest BCUT2D eigenvalue weighted by atomic mass is 16.6. The first-order valence-corrected chi connectivity index (χ1v) is 6.14. The van der Waals surface area contributed by atoms with E-state index in [2.05, 4.69) is 18.7 Å². The van der Waals surface area contributed by atoms with E-state index in [0.717, 1.165) is 24.0 Å². The molecule has 0 fully saturated rings. The van der Waals surface area contributed by atoms with Gasteiger partial charge in [-0.05, 0) is 29.5 Å². The predicted octanol–water partition coefficient (Wildman–Crippen LogP) is 4.02. The lowest BCUT2D eigenvalue weighted by Gasteiger charge is -2.03. The first-order valence-electron chi connectivity index (χ1n) is 6.14. The van der Waals surface area contributed by atoms with E-state index in [1.165, 1.54) is 11.6 Å². The van der Waals surface area contributed by atoms with Crippen molar-refractivity contribution in [3.8, 4) is 0 Å². The first kappa shape index (κ1) is 13.0. The van der Waals surface area contributed by atoms with E-state index in [0.29, 0.717) is 0 Å². The van der Waals surface area contributed by atoms with Crippen LogP contribution in [0.2, 0.25) is 0 Å². The molecule has 19 heavy (non-hydrogen) atoms. The Hall–Kier alpha value is -2.42. The number of hydrogen-bond acceptors (Lipinski definition) is 2. The van der Waals surface area contributed by atoms with Gasteiger partial charge in [0, 0.05) is 12.1 Å². The quantitative estimate of drug-likeness (QED) is 0.596. The molecule has 0 N–H and O–H groups in total. The lowest BCUT2D eigenvalue weighted by atomic mass is 10.0. The summed E-state index contributed by atoms with van der Waals surface area (Å²) in [7, 11) is 0. The summed E-state index contributed by atoms with van der Waals surface area (Å²) < 4.78 is 0. The van der Waals surface area contributed by atoms with Gasteiger partial charge in [-0.1, -0.05) is 49.1 Å². The molecule has 3 nitrogen and oxygen atoms in total. The molecule has 3 heteroatoms. The summed E-state index contributed by atoms with van der Waals surface area (Å²) in [4.78, 5) is 10.3. The summed E-state index contributed by atoms with van der Waals surface area (Å²) in [5.74, 6) is 0. The third-order valence-electron chi connectivity index (χ3n) is 3.04. The number of benzene rings is 2. The van der Waals surface area contributed by atoms with Crippen molar-refractivity contribution in [1.29, 1.82) is 0 Å². The summed E-state index contributed by atoms with van der Waals surface area (Å²) >= 11 is 0. The molecule has 0 bridgehead atoms. The maximum absolute atomic E-state index is 10.7. The minimum absolute atomic E-state index is 0.152. The van der Waals surface area contributed by atoms with E-state index in [1.54, 1.807) is 12.1 Å². The van der Waals surface area contributed by atoms with Crippen molar-refractivity contribution in [3.63, 3.8) is 0 Å². The number of nitro benzene ring substituents is 1. The standard InChI is InChI=1S/C16H15NO2/c1-2-13-6-8-14(9-7-13)10-11-15-4-3-5-16(12-15)17(18)19/h2-9,12H,1,10-11H2. The lowest BCUT2D eigenvalue weighted by Crippen LogP contribution is -1.93. The molecule has 0 amide bonds. The molecule has 0 aliphatic heterocycles. The molecule has 0 aliphatic rings. The van der Waals surface area contributed by atoms with Crippen molar-refractivity contribution in [2.75, 3.05) is 0 Å². The Morgan fingerprint density at radius 1 is 1.05 bits per heavy atom. The zero-order valence-electron chi connectivity index (χ0n) is 10.6. The Morgan fingerprint density at radius 2 is 1.74 bits per heavy atom. The normalized spacial score (nSPS) is 10.1. The smallest absolute Gasteiger partial charge is 0.258 e. The van der Waals surface area contributed by atoms with Crippen molar-refractivity contribution in [2.24, 2.45) is 0 Å². The zero-order chi connectivity index (χ0) is 13.7. The zero-order valence-corrected chi connectivity index (χ0v) is 10.6. The third kappa shape index (κ3) is 3.52. The minimum atomic E-state index is -0.359. The number of nitro groups is 1. The van der Waals surface area contributed by atoms with E-state index >= 15 is 0 Å².